The first-order chi connectivity index (χ1) is 8.90. The highest BCUT2D eigenvalue weighted by molar-refractivity contribution is 5.87. The number of ether oxygens (including phenoxy) is 1. The molecule has 0 saturated carbocycles. The molecule has 0 unspecified atom stereocenters. The van der Waals surface area contributed by atoms with E-state index in [9.17, 15) is 4.79 Å². The summed E-state index contributed by atoms with van der Waals surface area (Å²) in [5, 5.41) is 15.6. The molecule has 2 aromatic heterocycles. The molecule has 0 radical (unpaired) electrons. The molecule has 2 rings (SSSR count). The van der Waals surface area contributed by atoms with E-state index in [4.69, 9.17) is 10.00 Å². The molecule has 0 aliphatic carbocycles. The molecule has 0 atom stereocenters. The number of anilines is 1. The fourth-order valence-corrected chi connectivity index (χ4v) is 1.48. The monoisotopic (exact) mass is 259 g/mol. The summed E-state index contributed by atoms with van der Waals surface area (Å²) in [5.41, 5.74) is -0.0311. The van der Waals surface area contributed by atoms with E-state index in [1.807, 2.05) is 6.07 Å². The lowest BCUT2D eigenvalue weighted by Gasteiger charge is -2.19. The summed E-state index contributed by atoms with van der Waals surface area (Å²) >= 11 is 0. The fourth-order valence-electron chi connectivity index (χ4n) is 1.48. The van der Waals surface area contributed by atoms with Crippen molar-refractivity contribution in [2.75, 3.05) is 5.32 Å². The number of rotatable bonds is 1. The zero-order valence-corrected chi connectivity index (χ0v) is 10.8. The van der Waals surface area contributed by atoms with Gasteiger partial charge in [0.1, 0.15) is 17.2 Å². The van der Waals surface area contributed by atoms with Crippen LogP contribution in [0.1, 0.15) is 26.3 Å². The SMILES string of the molecule is CC(C)(C)OC(=O)Nc1nn2cccnc2c1C#N. The molecule has 0 aliphatic rings. The molecule has 0 fully saturated rings. The molecular formula is C12H13N5O2. The third kappa shape index (κ3) is 2.80. The summed E-state index contributed by atoms with van der Waals surface area (Å²) in [6.07, 6.45) is 2.53. The van der Waals surface area contributed by atoms with E-state index >= 15 is 0 Å². The number of aromatic nitrogens is 3. The first-order valence-corrected chi connectivity index (χ1v) is 5.64. The van der Waals surface area contributed by atoms with Gasteiger partial charge in [-0.05, 0) is 26.8 Å². The normalized spacial score (nSPS) is 11.1. The van der Waals surface area contributed by atoms with Gasteiger partial charge < -0.3 is 4.74 Å². The largest absolute Gasteiger partial charge is 0.444 e. The van der Waals surface area contributed by atoms with Gasteiger partial charge in [-0.15, -0.1) is 5.10 Å². The van der Waals surface area contributed by atoms with Crippen molar-refractivity contribution < 1.29 is 9.53 Å². The van der Waals surface area contributed by atoms with Crippen molar-refractivity contribution >= 4 is 17.6 Å². The molecule has 7 nitrogen and oxygen atoms in total. The van der Waals surface area contributed by atoms with Crippen LogP contribution in [-0.4, -0.2) is 26.3 Å². The zero-order valence-electron chi connectivity index (χ0n) is 10.8. The Labute approximate surface area is 109 Å². The van der Waals surface area contributed by atoms with E-state index in [1.165, 1.54) is 4.52 Å². The standard InChI is InChI=1S/C12H13N5O2/c1-12(2,3)19-11(18)15-9-8(7-13)10-14-5-4-6-17(10)16-9/h4-6H,1-3H3,(H,15,16,18). The number of carbonyl (C=O) groups is 1. The maximum atomic E-state index is 11.7. The minimum atomic E-state index is -0.660. The van der Waals surface area contributed by atoms with Crippen LogP contribution in [-0.2, 0) is 4.74 Å². The van der Waals surface area contributed by atoms with Crippen LogP contribution in [0, 0.1) is 11.3 Å². The van der Waals surface area contributed by atoms with Gasteiger partial charge in [0.25, 0.3) is 0 Å². The average Bonchev–Trinajstić information content (AvgIpc) is 2.63. The number of carbonyl (C=O) groups excluding carboxylic acids is 1. The Morgan fingerprint density at radius 2 is 2.26 bits per heavy atom. The van der Waals surface area contributed by atoms with E-state index < -0.39 is 11.7 Å². The molecule has 0 aliphatic heterocycles. The number of nitriles is 1. The molecule has 0 bridgehead atoms. The quantitative estimate of drug-likeness (QED) is 0.844. The third-order valence-corrected chi connectivity index (χ3v) is 2.13. The van der Waals surface area contributed by atoms with Gasteiger partial charge in [0.05, 0.1) is 0 Å². The van der Waals surface area contributed by atoms with E-state index in [2.05, 4.69) is 15.4 Å². The number of nitrogens with zero attached hydrogens (tertiary/aromatic N) is 4. The molecule has 2 aromatic rings. The van der Waals surface area contributed by atoms with Crippen molar-refractivity contribution in [2.45, 2.75) is 26.4 Å². The lowest BCUT2D eigenvalue weighted by atomic mass is 10.2. The van der Waals surface area contributed by atoms with Gasteiger partial charge in [0.15, 0.2) is 11.5 Å². The minimum Gasteiger partial charge on any atom is -0.444 e. The van der Waals surface area contributed by atoms with Gasteiger partial charge in [0, 0.05) is 12.4 Å². The third-order valence-electron chi connectivity index (χ3n) is 2.13. The van der Waals surface area contributed by atoms with Crippen LogP contribution < -0.4 is 5.32 Å². The van der Waals surface area contributed by atoms with E-state index in [0.29, 0.717) is 5.65 Å². The van der Waals surface area contributed by atoms with Gasteiger partial charge in [0.2, 0.25) is 0 Å². The predicted octanol–water partition coefficient (Wildman–Crippen LogP) is 1.95. The maximum Gasteiger partial charge on any atom is 0.413 e. The summed E-state index contributed by atoms with van der Waals surface area (Å²) in [5.74, 6) is 0.135. The summed E-state index contributed by atoms with van der Waals surface area (Å²) in [6, 6.07) is 3.65. The molecule has 7 heteroatoms. The lowest BCUT2D eigenvalue weighted by Crippen LogP contribution is -2.27. The Bertz CT molecular complexity index is 663. The molecular weight excluding hydrogens is 246 g/mol. The van der Waals surface area contributed by atoms with Crippen molar-refractivity contribution in [1.82, 2.24) is 14.6 Å². The van der Waals surface area contributed by atoms with Gasteiger partial charge in [-0.1, -0.05) is 0 Å². The number of hydrogen-bond acceptors (Lipinski definition) is 5. The predicted molar refractivity (Wildman–Crippen MR) is 67.6 cm³/mol. The molecule has 2 heterocycles. The smallest absolute Gasteiger partial charge is 0.413 e. The molecule has 0 spiro atoms. The summed E-state index contributed by atoms with van der Waals surface area (Å²) < 4.78 is 6.53. The highest BCUT2D eigenvalue weighted by atomic mass is 16.6. The van der Waals surface area contributed by atoms with Crippen LogP contribution in [0.4, 0.5) is 10.6 Å². The second kappa shape index (κ2) is 4.57. The van der Waals surface area contributed by atoms with Crippen molar-refractivity contribution in [3.8, 4) is 6.07 Å². The lowest BCUT2D eigenvalue weighted by molar-refractivity contribution is 0.0635. The minimum absolute atomic E-state index is 0.135. The molecule has 1 amide bonds. The Morgan fingerprint density at radius 1 is 1.53 bits per heavy atom. The highest BCUT2D eigenvalue weighted by Gasteiger charge is 2.20. The Balaban J connectivity index is 2.31. The summed E-state index contributed by atoms with van der Waals surface area (Å²) in [4.78, 5) is 15.7. The van der Waals surface area contributed by atoms with Gasteiger partial charge in [-0.25, -0.2) is 14.3 Å². The Morgan fingerprint density at radius 3 is 2.89 bits per heavy atom. The Kier molecular flexibility index (Phi) is 3.09. The van der Waals surface area contributed by atoms with Crippen molar-refractivity contribution in [2.24, 2.45) is 0 Å². The Hall–Kier alpha value is -2.62. The van der Waals surface area contributed by atoms with Gasteiger partial charge in [-0.3, -0.25) is 5.32 Å². The first kappa shape index (κ1) is 12.8. The van der Waals surface area contributed by atoms with Crippen LogP contribution >= 0.6 is 0 Å². The summed E-state index contributed by atoms with van der Waals surface area (Å²) in [6.45, 7) is 5.26. The number of fused-ring (bicyclic) bond motifs is 1. The van der Waals surface area contributed by atoms with E-state index in [0.717, 1.165) is 0 Å². The van der Waals surface area contributed by atoms with Crippen molar-refractivity contribution in [1.29, 1.82) is 5.26 Å². The molecule has 19 heavy (non-hydrogen) atoms. The molecule has 0 saturated heterocycles. The van der Waals surface area contributed by atoms with E-state index in [1.54, 1.807) is 39.2 Å². The number of nitrogens with one attached hydrogen (secondary N) is 1. The van der Waals surface area contributed by atoms with Crippen LogP contribution in [0.5, 0.6) is 0 Å². The van der Waals surface area contributed by atoms with Crippen LogP contribution in [0.25, 0.3) is 5.65 Å². The second-order valence-corrected chi connectivity index (χ2v) is 4.85. The summed E-state index contributed by atoms with van der Waals surface area (Å²) in [7, 11) is 0. The highest BCUT2D eigenvalue weighted by Crippen LogP contribution is 2.18. The van der Waals surface area contributed by atoms with Crippen LogP contribution in [0.15, 0.2) is 18.5 Å². The van der Waals surface area contributed by atoms with Gasteiger partial charge in [-0.2, -0.15) is 5.26 Å². The molecule has 1 N–H and O–H groups in total. The second-order valence-electron chi connectivity index (χ2n) is 4.85. The maximum absolute atomic E-state index is 11.7. The van der Waals surface area contributed by atoms with Crippen LogP contribution in [0.3, 0.4) is 0 Å². The first-order valence-electron chi connectivity index (χ1n) is 5.64. The fraction of sp³-hybridized carbons (Fsp3) is 0.333. The molecule has 98 valence electrons. The zero-order chi connectivity index (χ0) is 14.0. The van der Waals surface area contributed by atoms with Crippen molar-refractivity contribution in [3.63, 3.8) is 0 Å². The van der Waals surface area contributed by atoms with Gasteiger partial charge >= 0.3 is 6.09 Å². The number of amides is 1. The average molecular weight is 259 g/mol. The van der Waals surface area contributed by atoms with E-state index in [-0.39, 0.29) is 11.4 Å². The van der Waals surface area contributed by atoms with Crippen molar-refractivity contribution in [3.05, 3.63) is 24.0 Å². The van der Waals surface area contributed by atoms with Crippen LogP contribution in [0.2, 0.25) is 0 Å². The topological polar surface area (TPSA) is 92.3 Å². The number of hydrogen-bond donors (Lipinski definition) is 1. The molecule has 0 aromatic carbocycles.